The molecule has 1 aliphatic heterocycles. The highest BCUT2D eigenvalue weighted by Gasteiger charge is 2.43. The number of likely N-dealkylation sites (tertiary alicyclic amines) is 1. The fraction of sp³-hybridized carbons (Fsp3) is 0.500. The Labute approximate surface area is 113 Å². The van der Waals surface area contributed by atoms with Crippen LogP contribution < -0.4 is 0 Å². The molecule has 0 unspecified atom stereocenters. The summed E-state index contributed by atoms with van der Waals surface area (Å²) in [6.07, 6.45) is 4.37. The van der Waals surface area contributed by atoms with Gasteiger partial charge >= 0.3 is 0 Å². The van der Waals surface area contributed by atoms with E-state index in [1.54, 1.807) is 0 Å². The van der Waals surface area contributed by atoms with E-state index in [0.717, 1.165) is 24.8 Å². The number of aryl methyl sites for hydroxylation is 1. The Kier molecular flexibility index (Phi) is 3.13. The maximum absolute atomic E-state index is 12.4. The number of hydrogen-bond donors (Lipinski definition) is 0. The quantitative estimate of drug-likeness (QED) is 0.725. The summed E-state index contributed by atoms with van der Waals surface area (Å²) in [6.45, 7) is 2.61. The Balaban J connectivity index is 1.80. The van der Waals surface area contributed by atoms with Crippen molar-refractivity contribution in [2.24, 2.45) is 11.8 Å². The Bertz CT molecular complexity index is 506. The Morgan fingerprint density at radius 3 is 2.53 bits per heavy atom. The summed E-state index contributed by atoms with van der Waals surface area (Å²) in [5, 5.41) is 0. The summed E-state index contributed by atoms with van der Waals surface area (Å²) in [6, 6.07) is 7.46. The number of benzene rings is 1. The summed E-state index contributed by atoms with van der Waals surface area (Å²) in [4.78, 5) is 26.2. The average molecular weight is 257 g/mol. The van der Waals surface area contributed by atoms with Gasteiger partial charge in [0.05, 0.1) is 0 Å². The smallest absolute Gasteiger partial charge is 0.260 e. The van der Waals surface area contributed by atoms with E-state index in [9.17, 15) is 9.59 Å². The lowest BCUT2D eigenvalue weighted by atomic mass is 9.81. The Morgan fingerprint density at radius 2 is 1.84 bits per heavy atom. The van der Waals surface area contributed by atoms with Gasteiger partial charge in [0.2, 0.25) is 5.91 Å². The first-order valence-electron chi connectivity index (χ1n) is 7.09. The molecule has 19 heavy (non-hydrogen) atoms. The number of amides is 2. The number of rotatable bonds is 1. The van der Waals surface area contributed by atoms with Gasteiger partial charge < -0.3 is 0 Å². The molecule has 2 amide bonds. The molecule has 1 aromatic carbocycles. The third kappa shape index (κ3) is 2.18. The van der Waals surface area contributed by atoms with E-state index in [-0.39, 0.29) is 17.7 Å². The molecule has 2 aliphatic rings. The van der Waals surface area contributed by atoms with Crippen LogP contribution in [-0.2, 0) is 4.79 Å². The number of carbonyl (C=O) groups is 2. The molecular weight excluding hydrogens is 238 g/mol. The molecule has 0 radical (unpaired) electrons. The number of hydrogen-bond acceptors (Lipinski definition) is 2. The first kappa shape index (κ1) is 12.4. The van der Waals surface area contributed by atoms with Gasteiger partial charge in [-0.25, -0.2) is 0 Å². The lowest BCUT2D eigenvalue weighted by Crippen LogP contribution is -2.33. The molecule has 1 saturated carbocycles. The molecule has 1 saturated heterocycles. The molecule has 0 bridgehead atoms. The molecule has 3 heteroatoms. The van der Waals surface area contributed by atoms with Gasteiger partial charge in [0.1, 0.15) is 0 Å². The van der Waals surface area contributed by atoms with E-state index in [1.807, 2.05) is 31.2 Å². The molecule has 2 atom stereocenters. The van der Waals surface area contributed by atoms with Crippen molar-refractivity contribution in [1.29, 1.82) is 0 Å². The van der Waals surface area contributed by atoms with Crippen LogP contribution in [0.1, 0.15) is 41.6 Å². The zero-order valence-corrected chi connectivity index (χ0v) is 11.3. The van der Waals surface area contributed by atoms with E-state index in [1.165, 1.54) is 11.3 Å². The second-order valence-electron chi connectivity index (χ2n) is 5.77. The summed E-state index contributed by atoms with van der Waals surface area (Å²) in [5.74, 6) is 0.425. The van der Waals surface area contributed by atoms with Crippen LogP contribution in [0, 0.1) is 18.8 Å². The molecule has 1 aliphatic carbocycles. The maximum Gasteiger partial charge on any atom is 0.260 e. The van der Waals surface area contributed by atoms with E-state index >= 15 is 0 Å². The van der Waals surface area contributed by atoms with Crippen molar-refractivity contribution >= 4 is 11.8 Å². The van der Waals surface area contributed by atoms with Gasteiger partial charge in [0, 0.05) is 18.0 Å². The van der Waals surface area contributed by atoms with Crippen LogP contribution in [0.15, 0.2) is 24.3 Å². The van der Waals surface area contributed by atoms with Crippen LogP contribution in [0.5, 0.6) is 0 Å². The average Bonchev–Trinajstić information content (AvgIpc) is 2.77. The first-order chi connectivity index (χ1) is 9.16. The molecule has 0 spiro atoms. The van der Waals surface area contributed by atoms with Crippen molar-refractivity contribution in [2.45, 2.75) is 32.6 Å². The fourth-order valence-electron chi connectivity index (χ4n) is 3.31. The third-order valence-corrected chi connectivity index (χ3v) is 4.45. The number of fused-ring (bicyclic) bond motifs is 1. The predicted molar refractivity (Wildman–Crippen MR) is 72.7 cm³/mol. The van der Waals surface area contributed by atoms with Crippen molar-refractivity contribution in [3.63, 3.8) is 0 Å². The fourth-order valence-corrected chi connectivity index (χ4v) is 3.31. The summed E-state index contributed by atoms with van der Waals surface area (Å²) in [7, 11) is 0. The lowest BCUT2D eigenvalue weighted by Gasteiger charge is -2.21. The van der Waals surface area contributed by atoms with Crippen LogP contribution >= 0.6 is 0 Å². The van der Waals surface area contributed by atoms with Gasteiger partial charge in [0.25, 0.3) is 5.91 Å². The highest BCUT2D eigenvalue weighted by atomic mass is 16.2. The third-order valence-electron chi connectivity index (χ3n) is 4.45. The summed E-state index contributed by atoms with van der Waals surface area (Å²) < 4.78 is 0. The van der Waals surface area contributed by atoms with Crippen molar-refractivity contribution < 1.29 is 9.59 Å². The van der Waals surface area contributed by atoms with E-state index in [2.05, 4.69) is 0 Å². The minimum atomic E-state index is -0.126. The standard InChI is InChI=1S/C16H19NO2/c1-11-6-8-12(9-7-11)15(18)17-10-13-4-2-3-5-14(13)16(17)19/h6-9,13-14H,2-5,10H2,1H3/t13-,14-/m1/s1. The molecule has 100 valence electrons. The molecule has 1 heterocycles. The van der Waals surface area contributed by atoms with Crippen LogP contribution in [0.3, 0.4) is 0 Å². The highest BCUT2D eigenvalue weighted by molar-refractivity contribution is 6.06. The molecule has 3 rings (SSSR count). The molecule has 0 N–H and O–H groups in total. The molecule has 0 aromatic heterocycles. The first-order valence-corrected chi connectivity index (χ1v) is 7.09. The topological polar surface area (TPSA) is 37.4 Å². The van der Waals surface area contributed by atoms with Crippen molar-refractivity contribution in [3.05, 3.63) is 35.4 Å². The molecule has 3 nitrogen and oxygen atoms in total. The second-order valence-corrected chi connectivity index (χ2v) is 5.77. The largest absolute Gasteiger partial charge is 0.278 e. The van der Waals surface area contributed by atoms with Crippen molar-refractivity contribution in [3.8, 4) is 0 Å². The van der Waals surface area contributed by atoms with Crippen LogP contribution in [0.2, 0.25) is 0 Å². The molecule has 1 aromatic rings. The summed E-state index contributed by atoms with van der Waals surface area (Å²) in [5.41, 5.74) is 1.75. The predicted octanol–water partition coefficient (Wildman–Crippen LogP) is 2.78. The maximum atomic E-state index is 12.4. The van der Waals surface area contributed by atoms with E-state index in [4.69, 9.17) is 0 Å². The molecule has 2 fully saturated rings. The summed E-state index contributed by atoms with van der Waals surface area (Å²) >= 11 is 0. The normalized spacial score (nSPS) is 26.4. The Hall–Kier alpha value is -1.64. The van der Waals surface area contributed by atoms with Crippen molar-refractivity contribution in [1.82, 2.24) is 4.90 Å². The van der Waals surface area contributed by atoms with Gasteiger partial charge in [-0.2, -0.15) is 0 Å². The number of imide groups is 1. The van der Waals surface area contributed by atoms with Gasteiger partial charge in [0.15, 0.2) is 0 Å². The SMILES string of the molecule is Cc1ccc(C(=O)N2C[C@H]3CCCC[C@H]3C2=O)cc1. The lowest BCUT2D eigenvalue weighted by molar-refractivity contribution is -0.129. The minimum absolute atomic E-state index is 0.0512. The van der Waals surface area contributed by atoms with Gasteiger partial charge in [-0.15, -0.1) is 0 Å². The zero-order valence-electron chi connectivity index (χ0n) is 11.3. The van der Waals surface area contributed by atoms with E-state index in [0.29, 0.717) is 18.0 Å². The van der Waals surface area contributed by atoms with Gasteiger partial charge in [-0.3, -0.25) is 14.5 Å². The highest BCUT2D eigenvalue weighted by Crippen LogP contribution is 2.37. The molecular formula is C16H19NO2. The zero-order chi connectivity index (χ0) is 13.4. The van der Waals surface area contributed by atoms with Crippen molar-refractivity contribution in [2.75, 3.05) is 6.54 Å². The van der Waals surface area contributed by atoms with Crippen LogP contribution in [0.25, 0.3) is 0 Å². The Morgan fingerprint density at radius 1 is 1.16 bits per heavy atom. The van der Waals surface area contributed by atoms with Crippen LogP contribution in [-0.4, -0.2) is 23.3 Å². The second kappa shape index (κ2) is 4.80. The number of carbonyl (C=O) groups excluding carboxylic acids is 2. The van der Waals surface area contributed by atoms with Gasteiger partial charge in [-0.1, -0.05) is 30.5 Å². The van der Waals surface area contributed by atoms with Gasteiger partial charge in [-0.05, 0) is 37.8 Å². The van der Waals surface area contributed by atoms with Crippen LogP contribution in [0.4, 0.5) is 0 Å². The number of nitrogens with zero attached hydrogens (tertiary/aromatic N) is 1. The minimum Gasteiger partial charge on any atom is -0.278 e. The van der Waals surface area contributed by atoms with E-state index < -0.39 is 0 Å². The monoisotopic (exact) mass is 257 g/mol.